The number of piperidine rings is 1. The molecule has 1 atom stereocenters. The van der Waals surface area contributed by atoms with Crippen molar-refractivity contribution in [2.45, 2.75) is 66.8 Å². The topological polar surface area (TPSA) is 77.1 Å². The van der Waals surface area contributed by atoms with E-state index >= 15 is 0 Å². The van der Waals surface area contributed by atoms with Crippen molar-refractivity contribution < 1.29 is 4.74 Å². The molecule has 8 heteroatoms. The highest BCUT2D eigenvalue weighted by Crippen LogP contribution is 2.29. The van der Waals surface area contributed by atoms with E-state index in [0.29, 0.717) is 24.2 Å². The number of nitrogens with zero attached hydrogens (tertiary/aromatic N) is 5. The third-order valence-corrected chi connectivity index (χ3v) is 7.69. The highest BCUT2D eigenvalue weighted by Gasteiger charge is 2.32. The minimum Gasteiger partial charge on any atom is -0.379 e. The summed E-state index contributed by atoms with van der Waals surface area (Å²) in [5.74, 6) is 1.81. The van der Waals surface area contributed by atoms with E-state index in [1.807, 2.05) is 0 Å². The smallest absolute Gasteiger partial charge is 0.256 e. The first kappa shape index (κ1) is 27.3. The fourth-order valence-electron chi connectivity index (χ4n) is 5.69. The van der Waals surface area contributed by atoms with Crippen molar-refractivity contribution in [3.05, 3.63) is 21.6 Å². The Morgan fingerprint density at radius 3 is 2.33 bits per heavy atom. The van der Waals surface area contributed by atoms with E-state index in [2.05, 4.69) is 61.2 Å². The fraction of sp³-hybridized carbons (Fsp3) is 0.821. The van der Waals surface area contributed by atoms with Crippen molar-refractivity contribution in [1.82, 2.24) is 19.8 Å². The summed E-state index contributed by atoms with van der Waals surface area (Å²) in [5.41, 5.74) is 2.42. The van der Waals surface area contributed by atoms with Crippen LogP contribution >= 0.6 is 0 Å². The number of morpholine rings is 1. The summed E-state index contributed by atoms with van der Waals surface area (Å²) in [4.78, 5) is 33.9. The van der Waals surface area contributed by atoms with Gasteiger partial charge < -0.3 is 14.5 Å². The summed E-state index contributed by atoms with van der Waals surface area (Å²) in [6.45, 7) is 23.3. The number of ether oxygens (including phenoxy) is 1. The van der Waals surface area contributed by atoms with E-state index in [9.17, 15) is 4.79 Å². The molecule has 0 bridgehead atoms. The predicted molar refractivity (Wildman–Crippen MR) is 147 cm³/mol. The summed E-state index contributed by atoms with van der Waals surface area (Å²) in [6, 6.07) is 0.112. The molecule has 1 aromatic heterocycles. The van der Waals surface area contributed by atoms with Crippen molar-refractivity contribution in [2.75, 3.05) is 70.5 Å². The molecule has 0 radical (unpaired) electrons. The molecule has 3 aliphatic rings. The van der Waals surface area contributed by atoms with Crippen LogP contribution in [0.25, 0.3) is 0 Å². The summed E-state index contributed by atoms with van der Waals surface area (Å²) in [7, 11) is 0. The van der Waals surface area contributed by atoms with Gasteiger partial charge in [0.2, 0.25) is 5.95 Å². The van der Waals surface area contributed by atoms with Crippen molar-refractivity contribution in [3.63, 3.8) is 0 Å². The van der Waals surface area contributed by atoms with E-state index in [1.165, 1.54) is 12.8 Å². The molecule has 0 aliphatic carbocycles. The van der Waals surface area contributed by atoms with E-state index in [-0.39, 0.29) is 17.0 Å². The number of nitrogens with one attached hydrogen (secondary N) is 1. The van der Waals surface area contributed by atoms with E-state index in [1.54, 1.807) is 0 Å². The Kier molecular flexibility index (Phi) is 8.89. The van der Waals surface area contributed by atoms with E-state index < -0.39 is 0 Å². The third kappa shape index (κ3) is 6.95. The zero-order valence-corrected chi connectivity index (χ0v) is 23.5. The van der Waals surface area contributed by atoms with Gasteiger partial charge >= 0.3 is 0 Å². The quantitative estimate of drug-likeness (QED) is 0.591. The first-order valence-electron chi connectivity index (χ1n) is 14.1. The summed E-state index contributed by atoms with van der Waals surface area (Å²) in [5, 5.41) is 0. The minimum atomic E-state index is -0.154. The van der Waals surface area contributed by atoms with Crippen molar-refractivity contribution in [2.24, 2.45) is 22.2 Å². The SMILES string of the molecule is CC(C)CN(CC1CCN(CCN2CCOCC2)CC1)c1nc2c(c(=O)[nH]1)CC(C)N=C2C(C)(C)C. The molecule has 0 saturated carbocycles. The molecule has 1 aromatic rings. The average molecular weight is 501 g/mol. The summed E-state index contributed by atoms with van der Waals surface area (Å²) in [6.07, 6.45) is 3.04. The van der Waals surface area contributed by atoms with Gasteiger partial charge in [-0.2, -0.15) is 0 Å². The number of aromatic amines is 1. The Bertz CT molecular complexity index is 952. The number of anilines is 1. The molecule has 1 unspecified atom stereocenters. The van der Waals surface area contributed by atoms with Gasteiger partial charge in [-0.15, -0.1) is 0 Å². The molecule has 202 valence electrons. The number of rotatable bonds is 8. The number of aliphatic imine (C=N–C) groups is 1. The monoisotopic (exact) mass is 500 g/mol. The molecule has 1 N–H and O–H groups in total. The van der Waals surface area contributed by atoms with Gasteiger partial charge in [-0.25, -0.2) is 4.98 Å². The maximum absolute atomic E-state index is 13.2. The zero-order chi connectivity index (χ0) is 25.9. The van der Waals surface area contributed by atoms with E-state index in [4.69, 9.17) is 14.7 Å². The molecule has 0 amide bonds. The number of H-pyrrole nitrogens is 1. The zero-order valence-electron chi connectivity index (χ0n) is 23.5. The second-order valence-electron chi connectivity index (χ2n) is 12.5. The van der Waals surface area contributed by atoms with Crippen molar-refractivity contribution in [1.29, 1.82) is 0 Å². The Balaban J connectivity index is 1.44. The largest absolute Gasteiger partial charge is 0.379 e. The lowest BCUT2D eigenvalue weighted by atomic mass is 9.83. The van der Waals surface area contributed by atoms with Gasteiger partial charge in [0.15, 0.2) is 0 Å². The van der Waals surface area contributed by atoms with Gasteiger partial charge in [-0.1, -0.05) is 34.6 Å². The molecule has 4 heterocycles. The van der Waals surface area contributed by atoms with Crippen LogP contribution in [0.1, 0.15) is 65.6 Å². The van der Waals surface area contributed by atoms with Crippen molar-refractivity contribution >= 4 is 11.7 Å². The van der Waals surface area contributed by atoms with Gasteiger partial charge in [0.1, 0.15) is 0 Å². The van der Waals surface area contributed by atoms with Crippen LogP contribution in [0.3, 0.4) is 0 Å². The Hall–Kier alpha value is -1.77. The molecule has 3 aliphatic heterocycles. The average Bonchev–Trinajstić information content (AvgIpc) is 2.83. The molecule has 0 spiro atoms. The number of likely N-dealkylation sites (tertiary alicyclic amines) is 1. The maximum atomic E-state index is 13.2. The summed E-state index contributed by atoms with van der Waals surface area (Å²) < 4.78 is 5.48. The number of fused-ring (bicyclic) bond motifs is 1. The standard InChI is InChI=1S/C28H48N6O2/c1-20(2)18-34(19-22-7-9-32(10-8-22)11-12-33-13-15-36-16-14-33)27-30-24-23(26(35)31-27)17-21(3)29-25(24)28(4,5)6/h20-22H,7-19H2,1-6H3,(H,30,31,35). The van der Waals surface area contributed by atoms with Gasteiger partial charge in [-0.05, 0) is 44.7 Å². The normalized spacial score (nSPS) is 22.5. The number of hydrogen-bond donors (Lipinski definition) is 1. The first-order chi connectivity index (χ1) is 17.1. The molecule has 36 heavy (non-hydrogen) atoms. The van der Waals surface area contributed by atoms with Crippen LogP contribution in [0.5, 0.6) is 0 Å². The van der Waals surface area contributed by atoms with E-state index in [0.717, 1.165) is 82.5 Å². The van der Waals surface area contributed by atoms with Crippen LogP contribution in [-0.4, -0.2) is 97.1 Å². The Labute approximate surface area is 217 Å². The van der Waals surface area contributed by atoms with Crippen LogP contribution in [0, 0.1) is 17.3 Å². The van der Waals surface area contributed by atoms with Gasteiger partial charge in [-0.3, -0.25) is 19.7 Å². The molecule has 8 nitrogen and oxygen atoms in total. The molecule has 4 rings (SSSR count). The second-order valence-corrected chi connectivity index (χ2v) is 12.5. The molecular weight excluding hydrogens is 452 g/mol. The van der Waals surface area contributed by atoms with Gasteiger partial charge in [0, 0.05) is 56.7 Å². The van der Waals surface area contributed by atoms with Gasteiger partial charge in [0.05, 0.1) is 30.7 Å². The van der Waals surface area contributed by atoms with Crippen LogP contribution in [-0.2, 0) is 11.2 Å². The predicted octanol–water partition coefficient (Wildman–Crippen LogP) is 3.06. The van der Waals surface area contributed by atoms with Gasteiger partial charge in [0.25, 0.3) is 5.56 Å². The lowest BCUT2D eigenvalue weighted by Gasteiger charge is -2.37. The Morgan fingerprint density at radius 1 is 1.08 bits per heavy atom. The second kappa shape index (κ2) is 11.7. The van der Waals surface area contributed by atoms with Crippen LogP contribution in [0.4, 0.5) is 5.95 Å². The highest BCUT2D eigenvalue weighted by molar-refractivity contribution is 6.04. The van der Waals surface area contributed by atoms with Crippen LogP contribution in [0.15, 0.2) is 9.79 Å². The lowest BCUT2D eigenvalue weighted by Crippen LogP contribution is -2.45. The fourth-order valence-corrected chi connectivity index (χ4v) is 5.69. The third-order valence-electron chi connectivity index (χ3n) is 7.69. The molecule has 2 saturated heterocycles. The molecule has 2 fully saturated rings. The number of hydrogen-bond acceptors (Lipinski definition) is 7. The first-order valence-corrected chi connectivity index (χ1v) is 14.1. The van der Waals surface area contributed by atoms with Crippen LogP contribution < -0.4 is 10.5 Å². The highest BCUT2D eigenvalue weighted by atomic mass is 16.5. The van der Waals surface area contributed by atoms with Crippen LogP contribution in [0.2, 0.25) is 0 Å². The van der Waals surface area contributed by atoms with Crippen molar-refractivity contribution in [3.8, 4) is 0 Å². The lowest BCUT2D eigenvalue weighted by molar-refractivity contribution is 0.0315. The summed E-state index contributed by atoms with van der Waals surface area (Å²) >= 11 is 0. The molecule has 0 aromatic carbocycles. The number of aromatic nitrogens is 2. The maximum Gasteiger partial charge on any atom is 0.256 e. The molecular formula is C28H48N6O2. The minimum absolute atomic E-state index is 0.00480. The Morgan fingerprint density at radius 2 is 1.72 bits per heavy atom.